The quantitative estimate of drug-likeness (QED) is 0.122. The molecule has 2 aromatic heterocycles. The normalized spacial score (nSPS) is 12.9. The molecule has 0 bridgehead atoms. The van der Waals surface area contributed by atoms with Crippen molar-refractivity contribution in [3.05, 3.63) is 493 Å². The van der Waals surface area contributed by atoms with E-state index in [1.165, 1.54) is 111 Å². The Morgan fingerprint density at radius 1 is 0.195 bits per heavy atom. The topological polar surface area (TPSA) is 32.8 Å². The van der Waals surface area contributed by atoms with Crippen molar-refractivity contribution >= 4 is 121 Å². The molecule has 0 saturated carbocycles. The van der Waals surface area contributed by atoms with Crippen molar-refractivity contribution in [1.82, 2.24) is 0 Å². The first-order valence-corrected chi connectivity index (χ1v) is 40.7. The Labute approximate surface area is 683 Å². The monoisotopic (exact) mass is 1500 g/mol. The van der Waals surface area contributed by atoms with E-state index in [1.807, 2.05) is 12.1 Å². The molecule has 0 N–H and O–H groups in total. The van der Waals surface area contributed by atoms with Gasteiger partial charge in [-0.25, -0.2) is 0 Å². The van der Waals surface area contributed by atoms with Gasteiger partial charge < -0.3 is 18.6 Å². The highest BCUT2D eigenvalue weighted by atomic mass is 16.3. The maximum Gasteiger partial charge on any atom is 0.145 e. The fourth-order valence-corrected chi connectivity index (χ4v) is 19.9. The van der Waals surface area contributed by atoms with Crippen LogP contribution in [-0.2, 0) is 10.8 Å². The van der Waals surface area contributed by atoms with Crippen molar-refractivity contribution in [2.75, 3.05) is 9.80 Å². The molecule has 2 aliphatic rings. The van der Waals surface area contributed by atoms with Crippen molar-refractivity contribution in [3.63, 3.8) is 0 Å². The fourth-order valence-electron chi connectivity index (χ4n) is 19.9. The van der Waals surface area contributed by atoms with Crippen LogP contribution in [0.4, 0.5) is 34.1 Å². The van der Waals surface area contributed by atoms with Crippen molar-refractivity contribution in [2.45, 2.75) is 10.8 Å². The third-order valence-electron chi connectivity index (χ3n) is 25.0. The van der Waals surface area contributed by atoms with Gasteiger partial charge in [0.15, 0.2) is 0 Å². The lowest BCUT2D eigenvalue weighted by molar-refractivity contribution is 0.672. The van der Waals surface area contributed by atoms with Gasteiger partial charge in [0.2, 0.25) is 0 Å². The van der Waals surface area contributed by atoms with Crippen LogP contribution in [0.15, 0.2) is 458 Å². The van der Waals surface area contributed by atoms with Crippen molar-refractivity contribution in [1.29, 1.82) is 0 Å². The molecule has 0 atom stereocenters. The Kier molecular flexibility index (Phi) is 16.0. The van der Waals surface area contributed by atoms with E-state index in [0.29, 0.717) is 0 Å². The van der Waals surface area contributed by atoms with Gasteiger partial charge in [0, 0.05) is 54.9 Å². The van der Waals surface area contributed by atoms with Gasteiger partial charge in [0.25, 0.3) is 0 Å². The Morgan fingerprint density at radius 2 is 0.585 bits per heavy atom. The zero-order valence-corrected chi connectivity index (χ0v) is 64.4. The van der Waals surface area contributed by atoms with Gasteiger partial charge in [-0.05, 0) is 201 Å². The molecular weight excluding hydrogens is 1430 g/mol. The molecular formula is C114H74N2O2. The number of nitrogens with zero attached hydrogens (tertiary/aromatic N) is 2. The smallest absolute Gasteiger partial charge is 0.145 e. The summed E-state index contributed by atoms with van der Waals surface area (Å²) in [7, 11) is 0. The minimum atomic E-state index is -0.529. The minimum absolute atomic E-state index is 0.527. The van der Waals surface area contributed by atoms with Gasteiger partial charge in [0.05, 0.1) is 27.9 Å². The zero-order chi connectivity index (χ0) is 77.8. The predicted molar refractivity (Wildman–Crippen MR) is 492 cm³/mol. The highest BCUT2D eigenvalue weighted by Gasteiger charge is 2.49. The van der Waals surface area contributed by atoms with Crippen molar-refractivity contribution in [3.8, 4) is 44.5 Å². The summed E-state index contributed by atoms with van der Waals surface area (Å²) in [4.78, 5) is 4.91. The average molecular weight is 1500 g/mol. The maximum absolute atomic E-state index is 6.81. The third-order valence-corrected chi connectivity index (χ3v) is 25.0. The summed E-state index contributed by atoms with van der Waals surface area (Å²) < 4.78 is 13.6. The van der Waals surface area contributed by atoms with Crippen LogP contribution in [0, 0.1) is 0 Å². The lowest BCUT2D eigenvalue weighted by Crippen LogP contribution is -2.28. The van der Waals surface area contributed by atoms with Gasteiger partial charge in [-0.3, -0.25) is 0 Å². The molecule has 552 valence electrons. The Bertz CT molecular complexity index is 7590. The maximum atomic E-state index is 6.81. The molecule has 0 amide bonds. The minimum Gasteiger partial charge on any atom is -0.455 e. The molecule has 22 aromatic rings. The standard InChI is InChI=1S/2C57H37NO/c1-3-18-41(19-4-1)57(42-20-5-2-6-21-42)51-26-11-9-23-47(51)48-36-34-44(37-52(48)57)58(43-32-29-39(30-33-43)46-25-13-16-38-15-7-8-22-45(38)46)53-27-14-17-40-31-35-50-49-24-10-12-28-54(49)59-56(50)55(40)53;1-3-18-43(19-4-1)57(44-20-5-2-6-21-44)49-24-11-9-23-48(49)55-50(57)25-14-27-52(55)58(45-34-31-39(32-35-45)42-30-29-38-15-7-8-16-41(38)37-42)51-26-13-17-40-33-36-47-46-22-10-12-28-53(46)59-56(47)54(40)51/h2*1-37H. The zero-order valence-electron chi connectivity index (χ0n) is 64.4. The summed E-state index contributed by atoms with van der Waals surface area (Å²) in [5.74, 6) is 0. The molecule has 2 aliphatic carbocycles. The van der Waals surface area contributed by atoms with Crippen LogP contribution >= 0.6 is 0 Å². The second-order valence-corrected chi connectivity index (χ2v) is 31.2. The third kappa shape index (κ3) is 10.6. The van der Waals surface area contributed by atoms with E-state index in [2.05, 4.69) is 447 Å². The van der Waals surface area contributed by atoms with E-state index in [1.54, 1.807) is 0 Å². The summed E-state index contributed by atoms with van der Waals surface area (Å²) in [5, 5.41) is 13.9. The first kappa shape index (κ1) is 68.3. The van der Waals surface area contributed by atoms with E-state index in [9.17, 15) is 0 Å². The predicted octanol–water partition coefficient (Wildman–Crippen LogP) is 30.8. The van der Waals surface area contributed by atoms with Gasteiger partial charge in [-0.2, -0.15) is 0 Å². The first-order chi connectivity index (χ1) is 58.5. The van der Waals surface area contributed by atoms with Gasteiger partial charge in [-0.15, -0.1) is 0 Å². The molecule has 2 heterocycles. The lowest BCUT2D eigenvalue weighted by Gasteiger charge is -2.35. The Balaban J connectivity index is 0.000000138. The second kappa shape index (κ2) is 27.7. The highest BCUT2D eigenvalue weighted by molar-refractivity contribution is 6.21. The average Bonchev–Trinajstić information content (AvgIpc) is 1.53. The van der Waals surface area contributed by atoms with E-state index < -0.39 is 10.8 Å². The number of furan rings is 2. The molecule has 118 heavy (non-hydrogen) atoms. The number of hydrogen-bond donors (Lipinski definition) is 0. The van der Waals surface area contributed by atoms with Crippen LogP contribution < -0.4 is 9.80 Å². The van der Waals surface area contributed by atoms with Crippen molar-refractivity contribution < 1.29 is 8.83 Å². The van der Waals surface area contributed by atoms with Crippen LogP contribution in [0.1, 0.15) is 44.5 Å². The largest absolute Gasteiger partial charge is 0.455 e. The van der Waals surface area contributed by atoms with E-state index in [-0.39, 0.29) is 0 Å². The van der Waals surface area contributed by atoms with Gasteiger partial charge in [-0.1, -0.05) is 364 Å². The number of fused-ring (bicyclic) bond motifs is 18. The number of benzene rings is 20. The molecule has 0 unspecified atom stereocenters. The number of hydrogen-bond acceptors (Lipinski definition) is 4. The number of para-hydroxylation sites is 2. The molecule has 20 aromatic carbocycles. The molecule has 0 saturated heterocycles. The van der Waals surface area contributed by atoms with Gasteiger partial charge >= 0.3 is 0 Å². The molecule has 0 spiro atoms. The number of anilines is 6. The summed E-state index contributed by atoms with van der Waals surface area (Å²) in [6, 6.07) is 164. The molecule has 0 radical (unpaired) electrons. The lowest BCUT2D eigenvalue weighted by atomic mass is 9.67. The van der Waals surface area contributed by atoms with Crippen LogP contribution in [0.2, 0.25) is 0 Å². The van der Waals surface area contributed by atoms with E-state index in [0.717, 1.165) is 99.5 Å². The molecule has 4 nitrogen and oxygen atoms in total. The fraction of sp³-hybridized carbons (Fsp3) is 0.0175. The molecule has 0 aliphatic heterocycles. The van der Waals surface area contributed by atoms with E-state index in [4.69, 9.17) is 8.83 Å². The molecule has 4 heteroatoms. The second-order valence-electron chi connectivity index (χ2n) is 31.2. The molecule has 0 fully saturated rings. The molecule has 24 rings (SSSR count). The highest BCUT2D eigenvalue weighted by Crippen LogP contribution is 2.62. The van der Waals surface area contributed by atoms with Crippen LogP contribution in [0.5, 0.6) is 0 Å². The SMILES string of the molecule is c1ccc(C2(c3ccccc3)c3ccccc3-c3c(N(c4ccc(-c5ccc6ccccc6c5)cc4)c4cccc5ccc6c7ccccc7oc6c45)cccc32)cc1.c1ccc(C2(c3ccccc3)c3ccccc3-c3ccc(N(c4ccc(-c5cccc6ccccc56)cc4)c4cccc5ccc6c7ccccc7oc6c45)cc32)cc1. The Hall–Kier alpha value is -15.4. The summed E-state index contributed by atoms with van der Waals surface area (Å²) >= 11 is 0. The van der Waals surface area contributed by atoms with Crippen LogP contribution in [0.25, 0.3) is 131 Å². The summed E-state index contributed by atoms with van der Waals surface area (Å²) in [6.07, 6.45) is 0. The van der Waals surface area contributed by atoms with Crippen molar-refractivity contribution in [2.24, 2.45) is 0 Å². The summed E-state index contributed by atoms with van der Waals surface area (Å²) in [6.45, 7) is 0. The van der Waals surface area contributed by atoms with Crippen LogP contribution in [0.3, 0.4) is 0 Å². The van der Waals surface area contributed by atoms with Gasteiger partial charge in [0.1, 0.15) is 22.3 Å². The summed E-state index contributed by atoms with van der Waals surface area (Å²) in [5.41, 5.74) is 28.8. The van der Waals surface area contributed by atoms with E-state index >= 15 is 0 Å². The Morgan fingerprint density at radius 3 is 1.19 bits per heavy atom. The number of rotatable bonds is 12. The first-order valence-electron chi connectivity index (χ1n) is 40.7. The van der Waals surface area contributed by atoms with Crippen LogP contribution in [-0.4, -0.2) is 0 Å².